The maximum absolute atomic E-state index is 11.7. The fourth-order valence-electron chi connectivity index (χ4n) is 2.46. The van der Waals surface area contributed by atoms with E-state index in [1.54, 1.807) is 6.92 Å². The molecule has 0 aliphatic carbocycles. The van der Waals surface area contributed by atoms with E-state index in [4.69, 9.17) is 4.74 Å². The number of esters is 1. The van der Waals surface area contributed by atoms with E-state index in [-0.39, 0.29) is 24.6 Å². The van der Waals surface area contributed by atoms with Crippen molar-refractivity contribution >= 4 is 5.97 Å². The van der Waals surface area contributed by atoms with E-state index in [2.05, 4.69) is 34.6 Å². The highest BCUT2D eigenvalue weighted by Gasteiger charge is 2.27. The average molecular weight is 348 g/mol. The van der Waals surface area contributed by atoms with E-state index < -0.39 is 0 Å². The third kappa shape index (κ3) is 13.6. The summed E-state index contributed by atoms with van der Waals surface area (Å²) < 4.78 is 6.23. The van der Waals surface area contributed by atoms with E-state index in [0.717, 1.165) is 12.8 Å². The van der Waals surface area contributed by atoms with Crippen molar-refractivity contribution in [1.29, 1.82) is 0 Å². The maximum atomic E-state index is 11.7. The van der Waals surface area contributed by atoms with E-state index >= 15 is 0 Å². The van der Waals surface area contributed by atoms with E-state index in [1.165, 1.54) is 51.4 Å². The Morgan fingerprint density at radius 2 is 1.39 bits per heavy atom. The van der Waals surface area contributed by atoms with Crippen molar-refractivity contribution in [3.05, 3.63) is 12.2 Å². The van der Waals surface area contributed by atoms with Crippen LogP contribution in [0.2, 0.25) is 0 Å². The molecular weight excluding hydrogens is 310 g/mol. The topological polar surface area (TPSA) is 26.3 Å². The lowest BCUT2D eigenvalue weighted by Gasteiger charge is -2.33. The molecule has 23 heavy (non-hydrogen) atoms. The summed E-state index contributed by atoms with van der Waals surface area (Å²) in [6, 6.07) is 0. The zero-order valence-electron chi connectivity index (χ0n) is 16.0. The Balaban J connectivity index is 0. The minimum atomic E-state index is -0.269. The quantitative estimate of drug-likeness (QED) is 0.168. The number of quaternary nitrogens is 1. The van der Waals surface area contributed by atoms with Gasteiger partial charge in [-0.05, 0) is 13.3 Å². The third-order valence-electron chi connectivity index (χ3n) is 4.01. The fourth-order valence-corrected chi connectivity index (χ4v) is 2.46. The summed E-state index contributed by atoms with van der Waals surface area (Å²) in [5.41, 5.74) is 0.477. The molecule has 0 aliphatic rings. The highest BCUT2D eigenvalue weighted by molar-refractivity contribution is 5.86. The number of halogens is 1. The van der Waals surface area contributed by atoms with Gasteiger partial charge in [0.15, 0.2) is 0 Å². The van der Waals surface area contributed by atoms with Crippen molar-refractivity contribution in [2.45, 2.75) is 84.3 Å². The lowest BCUT2D eigenvalue weighted by Crippen LogP contribution is -3.00. The van der Waals surface area contributed by atoms with Gasteiger partial charge in [-0.15, -0.1) is 0 Å². The van der Waals surface area contributed by atoms with Gasteiger partial charge in [0.2, 0.25) is 6.23 Å². The van der Waals surface area contributed by atoms with Crippen LogP contribution in [0.5, 0.6) is 0 Å². The third-order valence-corrected chi connectivity index (χ3v) is 4.01. The summed E-state index contributed by atoms with van der Waals surface area (Å²) in [6.45, 7) is 7.62. The Morgan fingerprint density at radius 1 is 0.957 bits per heavy atom. The smallest absolute Gasteiger partial charge is 0.337 e. The van der Waals surface area contributed by atoms with Crippen LogP contribution in [0.1, 0.15) is 78.1 Å². The van der Waals surface area contributed by atoms with Gasteiger partial charge in [0.25, 0.3) is 0 Å². The molecule has 0 aromatic carbocycles. The first-order valence-electron chi connectivity index (χ1n) is 8.96. The van der Waals surface area contributed by atoms with E-state index in [0.29, 0.717) is 10.1 Å². The number of nitrogens with zero attached hydrogens (tertiary/aromatic N) is 1. The molecule has 3 nitrogen and oxygen atoms in total. The van der Waals surface area contributed by atoms with Crippen molar-refractivity contribution in [3.8, 4) is 0 Å². The molecule has 0 N–H and O–H groups in total. The normalized spacial score (nSPS) is 12.4. The number of carbonyl (C=O) groups is 1. The van der Waals surface area contributed by atoms with Crippen molar-refractivity contribution in [3.63, 3.8) is 0 Å². The molecule has 0 saturated heterocycles. The molecule has 0 aromatic heterocycles. The molecule has 0 aliphatic heterocycles. The first kappa shape index (κ1) is 24.7. The summed E-state index contributed by atoms with van der Waals surface area (Å²) >= 11 is 0. The van der Waals surface area contributed by atoms with Crippen molar-refractivity contribution < 1.29 is 26.4 Å². The van der Waals surface area contributed by atoms with Crippen LogP contribution in [0.15, 0.2) is 12.2 Å². The zero-order valence-corrected chi connectivity index (χ0v) is 16.8. The SMILES string of the molecule is C=C(C)C(=O)OC(CCCCCCCCCCC)[N+](C)(C)C.[Cl-]. The van der Waals surface area contributed by atoms with Gasteiger partial charge in [-0.2, -0.15) is 0 Å². The fraction of sp³-hybridized carbons (Fsp3) is 0.842. The summed E-state index contributed by atoms with van der Waals surface area (Å²) in [5, 5.41) is 0. The van der Waals surface area contributed by atoms with E-state index in [1.807, 2.05) is 0 Å². The first-order chi connectivity index (χ1) is 10.3. The molecule has 4 heteroatoms. The summed E-state index contributed by atoms with van der Waals surface area (Å²) in [6.07, 6.45) is 12.7. The number of carbonyl (C=O) groups excluding carboxylic acids is 1. The van der Waals surface area contributed by atoms with Gasteiger partial charge < -0.3 is 17.1 Å². The van der Waals surface area contributed by atoms with Gasteiger partial charge in [-0.25, -0.2) is 4.79 Å². The molecule has 0 bridgehead atoms. The molecule has 0 heterocycles. The average Bonchev–Trinajstić information content (AvgIpc) is 2.42. The highest BCUT2D eigenvalue weighted by Crippen LogP contribution is 2.17. The molecule has 0 aromatic rings. The molecule has 1 unspecified atom stereocenters. The zero-order chi connectivity index (χ0) is 17.0. The number of rotatable bonds is 13. The predicted molar refractivity (Wildman–Crippen MR) is 94.6 cm³/mol. The second-order valence-electron chi connectivity index (χ2n) is 7.37. The van der Waals surface area contributed by atoms with Crippen LogP contribution < -0.4 is 12.4 Å². The molecule has 138 valence electrons. The van der Waals surface area contributed by atoms with Gasteiger partial charge in [-0.1, -0.05) is 64.9 Å². The van der Waals surface area contributed by atoms with Gasteiger partial charge in [0.05, 0.1) is 21.1 Å². The van der Waals surface area contributed by atoms with Gasteiger partial charge in [0.1, 0.15) is 0 Å². The Hall–Kier alpha value is -0.540. The minimum Gasteiger partial charge on any atom is -1.00 e. The molecule has 0 radical (unpaired) electrons. The van der Waals surface area contributed by atoms with Crippen LogP contribution in [-0.4, -0.2) is 37.8 Å². The molecule has 1 atom stereocenters. The molecule has 0 rings (SSSR count). The molecule has 0 spiro atoms. The van der Waals surface area contributed by atoms with Crippen molar-refractivity contribution in [1.82, 2.24) is 0 Å². The monoisotopic (exact) mass is 347 g/mol. The second-order valence-corrected chi connectivity index (χ2v) is 7.37. The summed E-state index contributed by atoms with van der Waals surface area (Å²) in [7, 11) is 6.22. The maximum Gasteiger partial charge on any atom is 0.337 e. The van der Waals surface area contributed by atoms with Gasteiger partial charge in [-0.3, -0.25) is 4.48 Å². The molecule has 0 amide bonds. The second kappa shape index (κ2) is 13.9. The molecular formula is C19H38ClNO2. The predicted octanol–water partition coefficient (Wildman–Crippen LogP) is 2.06. The van der Waals surface area contributed by atoms with Crippen LogP contribution in [0.4, 0.5) is 0 Å². The summed E-state index contributed by atoms with van der Waals surface area (Å²) in [4.78, 5) is 11.7. The Morgan fingerprint density at radius 3 is 1.78 bits per heavy atom. The first-order valence-corrected chi connectivity index (χ1v) is 8.96. The van der Waals surface area contributed by atoms with Crippen LogP contribution in [0.3, 0.4) is 0 Å². The van der Waals surface area contributed by atoms with Crippen LogP contribution in [-0.2, 0) is 9.53 Å². The Bertz CT molecular complexity index is 324. The van der Waals surface area contributed by atoms with Crippen molar-refractivity contribution in [2.24, 2.45) is 0 Å². The van der Waals surface area contributed by atoms with Gasteiger partial charge >= 0.3 is 5.97 Å². The number of ether oxygens (including phenoxy) is 1. The van der Waals surface area contributed by atoms with Crippen LogP contribution in [0.25, 0.3) is 0 Å². The van der Waals surface area contributed by atoms with Gasteiger partial charge in [0, 0.05) is 12.0 Å². The standard InChI is InChI=1S/C19H38NO2.ClH/c1-7-8-9-10-11-12-13-14-15-16-18(20(4,5)6)22-19(21)17(2)3;/h18H,2,7-16H2,1,3-6H3;1H/q+1;/p-1. The summed E-state index contributed by atoms with van der Waals surface area (Å²) in [5.74, 6) is -0.269. The minimum absolute atomic E-state index is 0. The Kier molecular flexibility index (Phi) is 14.9. The largest absolute Gasteiger partial charge is 1.00 e. The number of hydrogen-bond acceptors (Lipinski definition) is 2. The molecule has 0 fully saturated rings. The Labute approximate surface area is 150 Å². The number of unbranched alkanes of at least 4 members (excludes halogenated alkanes) is 8. The van der Waals surface area contributed by atoms with Crippen molar-refractivity contribution in [2.75, 3.05) is 21.1 Å². The lowest BCUT2D eigenvalue weighted by atomic mass is 10.1. The number of hydrogen-bond donors (Lipinski definition) is 0. The van der Waals surface area contributed by atoms with Crippen LogP contribution in [0, 0.1) is 0 Å². The molecule has 0 saturated carbocycles. The van der Waals surface area contributed by atoms with Crippen LogP contribution >= 0.6 is 0 Å². The lowest BCUT2D eigenvalue weighted by molar-refractivity contribution is -0.917. The van der Waals surface area contributed by atoms with E-state index in [9.17, 15) is 4.79 Å². The highest BCUT2D eigenvalue weighted by atomic mass is 35.5.